The highest BCUT2D eigenvalue weighted by atomic mass is 32.1. The van der Waals surface area contributed by atoms with Crippen LogP contribution in [-0.2, 0) is 0 Å². The first-order valence-electron chi connectivity index (χ1n) is 6.73. The van der Waals surface area contributed by atoms with Gasteiger partial charge in [0.25, 0.3) is 0 Å². The lowest BCUT2D eigenvalue weighted by Crippen LogP contribution is -2.38. The van der Waals surface area contributed by atoms with Gasteiger partial charge in [-0.15, -0.1) is 0 Å². The molecule has 0 bridgehead atoms. The van der Waals surface area contributed by atoms with Crippen LogP contribution in [0.2, 0.25) is 0 Å². The molecule has 2 unspecified atom stereocenters. The SMILES string of the molecule is CCCCC(CCC)C1CCCCN1[S]. The average molecular weight is 228 g/mol. The zero-order chi connectivity index (χ0) is 11.1. The zero-order valence-corrected chi connectivity index (χ0v) is 11.2. The summed E-state index contributed by atoms with van der Waals surface area (Å²) in [7, 11) is 0. The fourth-order valence-corrected chi connectivity index (χ4v) is 3.17. The average Bonchev–Trinajstić information content (AvgIpc) is 2.25. The third-order valence-electron chi connectivity index (χ3n) is 3.63. The molecule has 0 N–H and O–H groups in total. The molecule has 0 aliphatic carbocycles. The van der Waals surface area contributed by atoms with E-state index in [2.05, 4.69) is 18.2 Å². The van der Waals surface area contributed by atoms with Gasteiger partial charge < -0.3 is 0 Å². The van der Waals surface area contributed by atoms with Crippen LogP contribution >= 0.6 is 12.8 Å². The van der Waals surface area contributed by atoms with E-state index >= 15 is 0 Å². The van der Waals surface area contributed by atoms with E-state index in [4.69, 9.17) is 12.8 Å². The number of rotatable bonds is 6. The molecule has 2 heteroatoms. The smallest absolute Gasteiger partial charge is 0.0239 e. The first-order valence-corrected chi connectivity index (χ1v) is 7.09. The van der Waals surface area contributed by atoms with Crippen LogP contribution in [0, 0.1) is 5.92 Å². The van der Waals surface area contributed by atoms with Crippen LogP contribution in [0.15, 0.2) is 0 Å². The third-order valence-corrected chi connectivity index (χ3v) is 4.08. The zero-order valence-electron chi connectivity index (χ0n) is 10.4. The molecule has 0 amide bonds. The van der Waals surface area contributed by atoms with Crippen molar-refractivity contribution in [3.63, 3.8) is 0 Å². The van der Waals surface area contributed by atoms with Crippen molar-refractivity contribution in [2.45, 2.75) is 71.3 Å². The Labute approximate surface area is 101 Å². The minimum atomic E-state index is 0.709. The molecule has 1 aliphatic rings. The van der Waals surface area contributed by atoms with Crippen molar-refractivity contribution in [2.24, 2.45) is 5.92 Å². The molecule has 1 aliphatic heterocycles. The van der Waals surface area contributed by atoms with Crippen molar-refractivity contribution >= 4 is 12.8 Å². The minimum absolute atomic E-state index is 0.709. The normalized spacial score (nSPS) is 25.4. The monoisotopic (exact) mass is 228 g/mol. The molecule has 1 rings (SSSR count). The summed E-state index contributed by atoms with van der Waals surface area (Å²) in [4.78, 5) is 0. The van der Waals surface area contributed by atoms with Crippen molar-refractivity contribution in [3.8, 4) is 0 Å². The predicted molar refractivity (Wildman–Crippen MR) is 69.9 cm³/mol. The van der Waals surface area contributed by atoms with Gasteiger partial charge >= 0.3 is 0 Å². The van der Waals surface area contributed by atoms with Gasteiger partial charge in [-0.3, -0.25) is 0 Å². The van der Waals surface area contributed by atoms with Crippen LogP contribution in [0.3, 0.4) is 0 Å². The van der Waals surface area contributed by atoms with E-state index in [9.17, 15) is 0 Å². The summed E-state index contributed by atoms with van der Waals surface area (Å²) in [6.45, 7) is 5.73. The van der Waals surface area contributed by atoms with E-state index < -0.39 is 0 Å². The van der Waals surface area contributed by atoms with Crippen LogP contribution in [0.4, 0.5) is 0 Å². The molecule has 15 heavy (non-hydrogen) atoms. The van der Waals surface area contributed by atoms with E-state index in [1.807, 2.05) is 0 Å². The van der Waals surface area contributed by atoms with E-state index in [-0.39, 0.29) is 0 Å². The Kier molecular flexibility index (Phi) is 6.74. The minimum Gasteiger partial charge on any atom is -0.237 e. The summed E-state index contributed by atoms with van der Waals surface area (Å²) >= 11 is 5.48. The first kappa shape index (κ1) is 13.4. The molecular formula is C13H26NS. The van der Waals surface area contributed by atoms with Crippen molar-refractivity contribution in [3.05, 3.63) is 0 Å². The summed E-state index contributed by atoms with van der Waals surface area (Å²) in [6.07, 6.45) is 10.8. The lowest BCUT2D eigenvalue weighted by molar-refractivity contribution is 0.182. The summed E-state index contributed by atoms with van der Waals surface area (Å²) in [5.74, 6) is 0.868. The van der Waals surface area contributed by atoms with Crippen LogP contribution < -0.4 is 0 Å². The van der Waals surface area contributed by atoms with E-state index in [1.165, 1.54) is 51.4 Å². The molecule has 0 aromatic rings. The van der Waals surface area contributed by atoms with Crippen LogP contribution in [-0.4, -0.2) is 16.9 Å². The molecule has 1 nitrogen and oxygen atoms in total. The highest BCUT2D eigenvalue weighted by molar-refractivity contribution is 7.77. The Balaban J connectivity index is 2.44. The fraction of sp³-hybridized carbons (Fsp3) is 1.00. The number of hydrogen-bond donors (Lipinski definition) is 0. The van der Waals surface area contributed by atoms with E-state index in [0.29, 0.717) is 6.04 Å². The number of unbranched alkanes of at least 4 members (excludes halogenated alkanes) is 1. The maximum Gasteiger partial charge on any atom is 0.0239 e. The molecule has 0 spiro atoms. The maximum absolute atomic E-state index is 5.48. The van der Waals surface area contributed by atoms with Crippen LogP contribution in [0.25, 0.3) is 0 Å². The molecule has 0 aromatic heterocycles. The molecule has 0 aromatic carbocycles. The highest BCUT2D eigenvalue weighted by Crippen LogP contribution is 2.30. The lowest BCUT2D eigenvalue weighted by Gasteiger charge is -2.36. The van der Waals surface area contributed by atoms with Gasteiger partial charge in [0.2, 0.25) is 0 Å². The van der Waals surface area contributed by atoms with Gasteiger partial charge in [-0.05, 0) is 31.6 Å². The quantitative estimate of drug-likeness (QED) is 0.644. The highest BCUT2D eigenvalue weighted by Gasteiger charge is 2.27. The largest absolute Gasteiger partial charge is 0.237 e. The summed E-state index contributed by atoms with van der Waals surface area (Å²) in [5, 5.41) is 0. The van der Waals surface area contributed by atoms with Gasteiger partial charge in [0.15, 0.2) is 0 Å². The second-order valence-electron chi connectivity index (χ2n) is 4.89. The molecule has 1 fully saturated rings. The fourth-order valence-electron chi connectivity index (χ4n) is 2.77. The van der Waals surface area contributed by atoms with Crippen LogP contribution in [0.5, 0.6) is 0 Å². The Morgan fingerprint density at radius 1 is 1.20 bits per heavy atom. The summed E-state index contributed by atoms with van der Waals surface area (Å²) in [6, 6.07) is 0.709. The molecule has 1 heterocycles. The standard InChI is InChI=1S/C13H26NS/c1-3-5-9-12(8-4-2)13-10-6-7-11-14(13)15/h12-13H,3-11H2,1-2H3. The maximum atomic E-state index is 5.48. The second kappa shape index (κ2) is 7.56. The molecule has 1 saturated heterocycles. The Morgan fingerprint density at radius 3 is 2.60 bits per heavy atom. The molecule has 1 radical (unpaired) electrons. The number of hydrogen-bond acceptors (Lipinski definition) is 1. The third kappa shape index (κ3) is 4.36. The van der Waals surface area contributed by atoms with Crippen molar-refractivity contribution in [1.29, 1.82) is 0 Å². The Morgan fingerprint density at radius 2 is 2.00 bits per heavy atom. The molecule has 89 valence electrons. The van der Waals surface area contributed by atoms with E-state index in [1.54, 1.807) is 0 Å². The van der Waals surface area contributed by atoms with Gasteiger partial charge in [-0.2, -0.15) is 0 Å². The number of nitrogens with zero attached hydrogens (tertiary/aromatic N) is 1. The Bertz CT molecular complexity index is 161. The van der Waals surface area contributed by atoms with Gasteiger partial charge in [-0.25, -0.2) is 4.31 Å². The van der Waals surface area contributed by atoms with Gasteiger partial charge in [0.05, 0.1) is 0 Å². The molecule has 0 saturated carbocycles. The molecule has 2 atom stereocenters. The van der Waals surface area contributed by atoms with Gasteiger partial charge in [-0.1, -0.05) is 39.5 Å². The molecular weight excluding hydrogens is 202 g/mol. The Hall–Kier alpha value is 0.310. The van der Waals surface area contributed by atoms with Gasteiger partial charge in [0.1, 0.15) is 0 Å². The lowest BCUT2D eigenvalue weighted by atomic mass is 9.85. The van der Waals surface area contributed by atoms with Crippen molar-refractivity contribution in [1.82, 2.24) is 4.31 Å². The van der Waals surface area contributed by atoms with E-state index in [0.717, 1.165) is 12.5 Å². The van der Waals surface area contributed by atoms with Crippen molar-refractivity contribution in [2.75, 3.05) is 6.54 Å². The first-order chi connectivity index (χ1) is 7.29. The van der Waals surface area contributed by atoms with Gasteiger partial charge in [0, 0.05) is 25.4 Å². The predicted octanol–water partition coefficient (Wildman–Crippen LogP) is 4.56. The van der Waals surface area contributed by atoms with Crippen molar-refractivity contribution < 1.29 is 0 Å². The summed E-state index contributed by atoms with van der Waals surface area (Å²) in [5.41, 5.74) is 0. The van der Waals surface area contributed by atoms with Crippen LogP contribution in [0.1, 0.15) is 65.2 Å². The number of piperidine rings is 1. The summed E-state index contributed by atoms with van der Waals surface area (Å²) < 4.78 is 2.21. The second-order valence-corrected chi connectivity index (χ2v) is 5.36. The topological polar surface area (TPSA) is 3.24 Å².